The molecule has 7 heteroatoms. The van der Waals surface area contributed by atoms with Crippen LogP contribution >= 0.6 is 0 Å². The van der Waals surface area contributed by atoms with Gasteiger partial charge in [-0.1, -0.05) is 12.8 Å². The third-order valence-corrected chi connectivity index (χ3v) is 3.40. The van der Waals surface area contributed by atoms with Gasteiger partial charge in [0.15, 0.2) is 0 Å². The topological polar surface area (TPSA) is 92.1 Å². The minimum absolute atomic E-state index is 0.0389. The normalized spacial score (nSPS) is 23.7. The summed E-state index contributed by atoms with van der Waals surface area (Å²) >= 11 is 0. The number of amides is 2. The van der Waals surface area contributed by atoms with Crippen molar-refractivity contribution in [2.45, 2.75) is 31.7 Å². The number of hydrogen-bond donors (Lipinski definition) is 3. The highest BCUT2D eigenvalue weighted by Crippen LogP contribution is 2.23. The second kappa shape index (κ2) is 5.81. The van der Waals surface area contributed by atoms with Gasteiger partial charge >= 0.3 is 6.03 Å². The number of aromatic nitrogens is 3. The van der Waals surface area contributed by atoms with Crippen LogP contribution in [0, 0.1) is 5.92 Å². The highest BCUT2D eigenvalue weighted by Gasteiger charge is 2.26. The summed E-state index contributed by atoms with van der Waals surface area (Å²) in [5.41, 5.74) is 0. The van der Waals surface area contributed by atoms with Crippen molar-refractivity contribution in [3.63, 3.8) is 0 Å². The maximum absolute atomic E-state index is 11.8. The molecule has 1 saturated carbocycles. The van der Waals surface area contributed by atoms with Crippen molar-refractivity contribution in [2.24, 2.45) is 13.0 Å². The number of urea groups is 1. The fourth-order valence-corrected chi connectivity index (χ4v) is 2.33. The highest BCUT2D eigenvalue weighted by atomic mass is 16.3. The Bertz CT molecular complexity index is 406. The van der Waals surface area contributed by atoms with Crippen LogP contribution in [0.3, 0.4) is 0 Å². The predicted molar refractivity (Wildman–Crippen MR) is 66.0 cm³/mol. The van der Waals surface area contributed by atoms with E-state index in [-0.39, 0.29) is 24.6 Å². The Morgan fingerprint density at radius 1 is 1.56 bits per heavy atom. The molecule has 18 heavy (non-hydrogen) atoms. The van der Waals surface area contributed by atoms with Crippen molar-refractivity contribution in [3.8, 4) is 0 Å². The van der Waals surface area contributed by atoms with E-state index in [1.165, 1.54) is 11.0 Å². The van der Waals surface area contributed by atoms with Gasteiger partial charge < -0.3 is 10.4 Å². The van der Waals surface area contributed by atoms with Gasteiger partial charge in [-0.05, 0) is 12.8 Å². The van der Waals surface area contributed by atoms with E-state index in [1.54, 1.807) is 7.05 Å². The molecule has 7 nitrogen and oxygen atoms in total. The van der Waals surface area contributed by atoms with Crippen molar-refractivity contribution in [3.05, 3.63) is 6.33 Å². The molecule has 3 N–H and O–H groups in total. The number of aliphatic hydroxyl groups is 1. The average Bonchev–Trinajstić information content (AvgIpc) is 2.75. The van der Waals surface area contributed by atoms with Crippen LogP contribution in [-0.4, -0.2) is 38.6 Å². The van der Waals surface area contributed by atoms with Crippen molar-refractivity contribution in [2.75, 3.05) is 11.9 Å². The summed E-state index contributed by atoms with van der Waals surface area (Å²) in [6.07, 6.45) is 5.47. The number of carbonyl (C=O) groups is 1. The zero-order chi connectivity index (χ0) is 13.0. The van der Waals surface area contributed by atoms with E-state index in [0.29, 0.717) is 5.95 Å². The van der Waals surface area contributed by atoms with Gasteiger partial charge in [-0.15, -0.1) is 0 Å². The van der Waals surface area contributed by atoms with Gasteiger partial charge in [0.2, 0.25) is 5.95 Å². The summed E-state index contributed by atoms with van der Waals surface area (Å²) in [5.74, 6) is 0.563. The summed E-state index contributed by atoms with van der Waals surface area (Å²) < 4.78 is 1.49. The smallest absolute Gasteiger partial charge is 0.321 e. The highest BCUT2D eigenvalue weighted by molar-refractivity contribution is 5.87. The van der Waals surface area contributed by atoms with Crippen LogP contribution in [0.15, 0.2) is 6.33 Å². The maximum atomic E-state index is 11.8. The first kappa shape index (κ1) is 12.8. The van der Waals surface area contributed by atoms with E-state index in [9.17, 15) is 9.90 Å². The van der Waals surface area contributed by atoms with Crippen LogP contribution in [0.1, 0.15) is 25.7 Å². The molecular formula is C11H19N5O2. The molecule has 0 saturated heterocycles. The molecule has 1 heterocycles. The fraction of sp³-hybridized carbons (Fsp3) is 0.727. The molecule has 0 spiro atoms. The molecular weight excluding hydrogens is 234 g/mol. The second-order valence-electron chi connectivity index (χ2n) is 4.64. The zero-order valence-corrected chi connectivity index (χ0v) is 10.5. The predicted octanol–water partition coefficient (Wildman–Crippen LogP) is 0.488. The Morgan fingerprint density at radius 3 is 3.00 bits per heavy atom. The molecule has 1 fully saturated rings. The molecule has 2 atom stereocenters. The van der Waals surface area contributed by atoms with Gasteiger partial charge in [0, 0.05) is 25.6 Å². The van der Waals surface area contributed by atoms with E-state index in [0.717, 1.165) is 25.7 Å². The first-order valence-electron chi connectivity index (χ1n) is 6.23. The van der Waals surface area contributed by atoms with Gasteiger partial charge in [0.1, 0.15) is 6.33 Å². The number of rotatable bonds is 3. The van der Waals surface area contributed by atoms with Gasteiger partial charge in [-0.2, -0.15) is 10.1 Å². The number of aryl methyl sites for hydroxylation is 1. The molecule has 1 aliphatic carbocycles. The molecule has 0 unspecified atom stereocenters. The molecule has 1 aromatic heterocycles. The van der Waals surface area contributed by atoms with Crippen molar-refractivity contribution in [1.82, 2.24) is 20.1 Å². The summed E-state index contributed by atoms with van der Waals surface area (Å²) in [7, 11) is 1.71. The number of nitrogens with one attached hydrogen (secondary N) is 2. The first-order valence-corrected chi connectivity index (χ1v) is 6.23. The van der Waals surface area contributed by atoms with Crippen LogP contribution in [0.5, 0.6) is 0 Å². The molecule has 0 radical (unpaired) electrons. The molecule has 0 aliphatic heterocycles. The lowest BCUT2D eigenvalue weighted by Crippen LogP contribution is -2.45. The molecule has 1 aromatic rings. The van der Waals surface area contributed by atoms with Crippen LogP contribution < -0.4 is 10.6 Å². The van der Waals surface area contributed by atoms with Gasteiger partial charge in [-0.25, -0.2) is 9.48 Å². The number of carbonyl (C=O) groups excluding carboxylic acids is 1. The quantitative estimate of drug-likeness (QED) is 0.731. The fourth-order valence-electron chi connectivity index (χ4n) is 2.33. The Kier molecular flexibility index (Phi) is 4.14. The van der Waals surface area contributed by atoms with E-state index >= 15 is 0 Å². The standard InChI is InChI=1S/C11H19N5O2/c1-16-10(12-7-13-16)15-11(18)14-9-5-3-2-4-8(9)6-17/h7-9,17H,2-6H2,1H3,(H2,12,13,14,15,18)/t8-,9-/m0/s1. The lowest BCUT2D eigenvalue weighted by molar-refractivity contribution is 0.156. The van der Waals surface area contributed by atoms with Crippen molar-refractivity contribution >= 4 is 12.0 Å². The van der Waals surface area contributed by atoms with Crippen LogP contribution in [-0.2, 0) is 7.05 Å². The minimum Gasteiger partial charge on any atom is -0.396 e. The largest absolute Gasteiger partial charge is 0.396 e. The summed E-state index contributed by atoms with van der Waals surface area (Å²) in [4.78, 5) is 15.7. The third-order valence-electron chi connectivity index (χ3n) is 3.40. The molecule has 2 amide bonds. The Labute approximate surface area is 106 Å². The van der Waals surface area contributed by atoms with Crippen LogP contribution in [0.2, 0.25) is 0 Å². The zero-order valence-electron chi connectivity index (χ0n) is 10.5. The second-order valence-corrected chi connectivity index (χ2v) is 4.64. The van der Waals surface area contributed by atoms with E-state index in [2.05, 4.69) is 20.7 Å². The van der Waals surface area contributed by atoms with E-state index in [4.69, 9.17) is 0 Å². The lowest BCUT2D eigenvalue weighted by Gasteiger charge is -2.30. The Hall–Kier alpha value is -1.63. The Morgan fingerprint density at radius 2 is 2.33 bits per heavy atom. The van der Waals surface area contributed by atoms with Gasteiger partial charge in [-0.3, -0.25) is 5.32 Å². The summed E-state index contributed by atoms with van der Waals surface area (Å²) in [6.45, 7) is 0.120. The van der Waals surface area contributed by atoms with Gasteiger partial charge in [0.05, 0.1) is 0 Å². The molecule has 1 aliphatic rings. The number of aliphatic hydroxyl groups excluding tert-OH is 1. The van der Waals surface area contributed by atoms with Crippen molar-refractivity contribution in [1.29, 1.82) is 0 Å². The number of nitrogens with zero attached hydrogens (tertiary/aromatic N) is 3. The third kappa shape index (κ3) is 2.98. The summed E-state index contributed by atoms with van der Waals surface area (Å²) in [6, 6.07) is -0.256. The van der Waals surface area contributed by atoms with Crippen molar-refractivity contribution < 1.29 is 9.90 Å². The van der Waals surface area contributed by atoms with Gasteiger partial charge in [0.25, 0.3) is 0 Å². The lowest BCUT2D eigenvalue weighted by atomic mass is 9.85. The monoisotopic (exact) mass is 253 g/mol. The molecule has 2 rings (SSSR count). The Balaban J connectivity index is 1.88. The number of anilines is 1. The number of hydrogen-bond acceptors (Lipinski definition) is 4. The van der Waals surface area contributed by atoms with E-state index in [1.807, 2.05) is 0 Å². The SMILES string of the molecule is Cn1ncnc1NC(=O)N[C@H]1CCCC[C@H]1CO. The average molecular weight is 253 g/mol. The minimum atomic E-state index is -0.295. The molecule has 0 bridgehead atoms. The maximum Gasteiger partial charge on any atom is 0.321 e. The first-order chi connectivity index (χ1) is 8.70. The van der Waals surface area contributed by atoms with Crippen LogP contribution in [0.4, 0.5) is 10.7 Å². The molecule has 0 aromatic carbocycles. The van der Waals surface area contributed by atoms with Crippen LogP contribution in [0.25, 0.3) is 0 Å². The van der Waals surface area contributed by atoms with E-state index < -0.39 is 0 Å². The molecule has 100 valence electrons. The summed E-state index contributed by atoms with van der Waals surface area (Å²) in [5, 5.41) is 18.7.